The predicted octanol–water partition coefficient (Wildman–Crippen LogP) is 4.46. The smallest absolute Gasteiger partial charge is 0.222 e. The van der Waals surface area contributed by atoms with E-state index in [0.29, 0.717) is 25.9 Å². The zero-order valence-corrected chi connectivity index (χ0v) is 19.5. The minimum Gasteiger partial charge on any atom is -0.340 e. The normalized spacial score (nSPS) is 14.6. The number of hydrogen-bond donors (Lipinski definition) is 0. The highest BCUT2D eigenvalue weighted by Crippen LogP contribution is 2.12. The summed E-state index contributed by atoms with van der Waals surface area (Å²) in [4.78, 5) is 31.4. The number of benzene rings is 1. The SMILES string of the molecule is CCCCCC(=O)N1CCN(CCN(Cc2ccc(F)cc2)C(=O)CCCCC)CC1. The Labute approximate surface area is 187 Å². The maximum atomic E-state index is 13.2. The van der Waals surface area contributed by atoms with Gasteiger partial charge in [0.25, 0.3) is 0 Å². The van der Waals surface area contributed by atoms with Gasteiger partial charge >= 0.3 is 0 Å². The predicted molar refractivity (Wildman–Crippen MR) is 123 cm³/mol. The zero-order valence-electron chi connectivity index (χ0n) is 19.5. The highest BCUT2D eigenvalue weighted by Gasteiger charge is 2.22. The molecule has 6 heteroatoms. The van der Waals surface area contributed by atoms with Gasteiger partial charge in [-0.15, -0.1) is 0 Å². The maximum Gasteiger partial charge on any atom is 0.222 e. The Bertz CT molecular complexity index is 657. The molecule has 0 bridgehead atoms. The Morgan fingerprint density at radius 2 is 1.52 bits per heavy atom. The van der Waals surface area contributed by atoms with Crippen LogP contribution in [0.3, 0.4) is 0 Å². The van der Waals surface area contributed by atoms with Crippen LogP contribution in [0.1, 0.15) is 70.8 Å². The van der Waals surface area contributed by atoms with E-state index >= 15 is 0 Å². The van der Waals surface area contributed by atoms with Crippen molar-refractivity contribution < 1.29 is 14.0 Å². The molecule has 1 aliphatic heterocycles. The van der Waals surface area contributed by atoms with Crippen molar-refractivity contribution in [3.05, 3.63) is 35.6 Å². The monoisotopic (exact) mass is 433 g/mol. The fourth-order valence-electron chi connectivity index (χ4n) is 3.95. The molecule has 5 nitrogen and oxygen atoms in total. The van der Waals surface area contributed by atoms with Gasteiger partial charge in [0.15, 0.2) is 0 Å². The van der Waals surface area contributed by atoms with Crippen LogP contribution in [0, 0.1) is 5.82 Å². The summed E-state index contributed by atoms with van der Waals surface area (Å²) >= 11 is 0. The summed E-state index contributed by atoms with van der Waals surface area (Å²) < 4.78 is 13.2. The van der Waals surface area contributed by atoms with Crippen molar-refractivity contribution in [2.24, 2.45) is 0 Å². The van der Waals surface area contributed by atoms with Crippen molar-refractivity contribution in [1.29, 1.82) is 0 Å². The molecule has 0 atom stereocenters. The third-order valence-electron chi connectivity index (χ3n) is 6.04. The molecule has 1 saturated heterocycles. The molecule has 1 aliphatic rings. The van der Waals surface area contributed by atoms with Crippen LogP contribution in [-0.4, -0.2) is 65.8 Å². The van der Waals surface area contributed by atoms with Gasteiger partial charge in [0.2, 0.25) is 11.8 Å². The second-order valence-electron chi connectivity index (χ2n) is 8.58. The lowest BCUT2D eigenvalue weighted by Gasteiger charge is -2.36. The molecule has 31 heavy (non-hydrogen) atoms. The summed E-state index contributed by atoms with van der Waals surface area (Å²) in [6.45, 7) is 9.52. The summed E-state index contributed by atoms with van der Waals surface area (Å²) in [5.74, 6) is 0.186. The first-order valence-electron chi connectivity index (χ1n) is 12.1. The van der Waals surface area contributed by atoms with Crippen molar-refractivity contribution >= 4 is 11.8 Å². The van der Waals surface area contributed by atoms with Crippen LogP contribution in [0.15, 0.2) is 24.3 Å². The molecule has 0 saturated carbocycles. The molecule has 0 aliphatic carbocycles. The molecule has 1 heterocycles. The van der Waals surface area contributed by atoms with Crippen LogP contribution in [-0.2, 0) is 16.1 Å². The molecule has 0 N–H and O–H groups in total. The average molecular weight is 434 g/mol. The Kier molecular flexibility index (Phi) is 11.6. The summed E-state index contributed by atoms with van der Waals surface area (Å²) in [5.41, 5.74) is 0.952. The molecule has 174 valence electrons. The standard InChI is InChI=1S/C25H40FN3O2/c1-3-5-7-9-24(30)28-18-15-27(16-19-28)17-20-29(25(31)10-8-6-4-2)21-22-11-13-23(26)14-12-22/h11-14H,3-10,15-21H2,1-2H3. The fraction of sp³-hybridized carbons (Fsp3) is 0.680. The first kappa shape index (κ1) is 25.3. The lowest BCUT2D eigenvalue weighted by atomic mass is 10.1. The van der Waals surface area contributed by atoms with Gasteiger partial charge in [-0.3, -0.25) is 14.5 Å². The van der Waals surface area contributed by atoms with E-state index < -0.39 is 0 Å². The number of carbonyl (C=O) groups is 2. The van der Waals surface area contributed by atoms with Gasteiger partial charge in [-0.25, -0.2) is 4.39 Å². The minimum absolute atomic E-state index is 0.169. The van der Waals surface area contributed by atoms with Gasteiger partial charge in [0, 0.05) is 58.7 Å². The van der Waals surface area contributed by atoms with E-state index in [0.717, 1.165) is 76.8 Å². The highest BCUT2D eigenvalue weighted by atomic mass is 19.1. The number of carbonyl (C=O) groups excluding carboxylic acids is 2. The van der Waals surface area contributed by atoms with Crippen molar-refractivity contribution in [2.45, 2.75) is 71.8 Å². The van der Waals surface area contributed by atoms with Crippen LogP contribution in [0.5, 0.6) is 0 Å². The molecular formula is C25H40FN3O2. The van der Waals surface area contributed by atoms with Crippen LogP contribution >= 0.6 is 0 Å². The van der Waals surface area contributed by atoms with Gasteiger partial charge in [-0.05, 0) is 30.5 Å². The molecule has 2 rings (SSSR count). The number of unbranched alkanes of at least 4 members (excludes halogenated alkanes) is 4. The van der Waals surface area contributed by atoms with E-state index in [4.69, 9.17) is 0 Å². The number of hydrogen-bond acceptors (Lipinski definition) is 3. The van der Waals surface area contributed by atoms with Crippen molar-refractivity contribution in [1.82, 2.24) is 14.7 Å². The maximum absolute atomic E-state index is 13.2. The molecule has 0 unspecified atom stereocenters. The fourth-order valence-corrected chi connectivity index (χ4v) is 3.95. The Morgan fingerprint density at radius 3 is 2.13 bits per heavy atom. The van der Waals surface area contributed by atoms with E-state index in [1.807, 2.05) is 9.80 Å². The van der Waals surface area contributed by atoms with Crippen molar-refractivity contribution in [2.75, 3.05) is 39.3 Å². The number of rotatable bonds is 13. The molecule has 2 amide bonds. The van der Waals surface area contributed by atoms with E-state index in [-0.39, 0.29) is 17.6 Å². The second kappa shape index (κ2) is 14.2. The lowest BCUT2D eigenvalue weighted by molar-refractivity contribution is -0.133. The Hall–Kier alpha value is -1.95. The third kappa shape index (κ3) is 9.38. The van der Waals surface area contributed by atoms with Crippen molar-refractivity contribution in [3.8, 4) is 0 Å². The summed E-state index contributed by atoms with van der Waals surface area (Å²) in [6.07, 6.45) is 7.51. The summed E-state index contributed by atoms with van der Waals surface area (Å²) in [6, 6.07) is 6.41. The van der Waals surface area contributed by atoms with E-state index in [2.05, 4.69) is 18.7 Å². The lowest BCUT2D eigenvalue weighted by Crippen LogP contribution is -2.50. The zero-order chi connectivity index (χ0) is 22.5. The largest absolute Gasteiger partial charge is 0.340 e. The highest BCUT2D eigenvalue weighted by molar-refractivity contribution is 5.76. The van der Waals surface area contributed by atoms with Crippen LogP contribution in [0.2, 0.25) is 0 Å². The van der Waals surface area contributed by atoms with Gasteiger partial charge in [0.1, 0.15) is 5.82 Å². The molecule has 1 aromatic rings. The molecule has 0 radical (unpaired) electrons. The van der Waals surface area contributed by atoms with E-state index in [9.17, 15) is 14.0 Å². The molecule has 1 aromatic carbocycles. The molecule has 0 spiro atoms. The number of nitrogens with zero attached hydrogens (tertiary/aromatic N) is 3. The minimum atomic E-state index is -0.258. The first-order chi connectivity index (χ1) is 15.0. The first-order valence-corrected chi connectivity index (χ1v) is 12.1. The summed E-state index contributed by atoms with van der Waals surface area (Å²) in [5, 5.41) is 0. The van der Waals surface area contributed by atoms with E-state index in [1.54, 1.807) is 12.1 Å². The van der Waals surface area contributed by atoms with Crippen LogP contribution < -0.4 is 0 Å². The van der Waals surface area contributed by atoms with Gasteiger partial charge in [-0.2, -0.15) is 0 Å². The summed E-state index contributed by atoms with van der Waals surface area (Å²) in [7, 11) is 0. The second-order valence-corrected chi connectivity index (χ2v) is 8.58. The van der Waals surface area contributed by atoms with Crippen molar-refractivity contribution in [3.63, 3.8) is 0 Å². The average Bonchev–Trinajstić information content (AvgIpc) is 2.78. The van der Waals surface area contributed by atoms with Gasteiger partial charge in [0.05, 0.1) is 0 Å². The van der Waals surface area contributed by atoms with Crippen LogP contribution in [0.4, 0.5) is 4.39 Å². The van der Waals surface area contributed by atoms with Gasteiger partial charge < -0.3 is 9.80 Å². The number of amides is 2. The molecule has 1 fully saturated rings. The number of halogens is 1. The van der Waals surface area contributed by atoms with Crippen LogP contribution in [0.25, 0.3) is 0 Å². The Balaban J connectivity index is 1.83. The Morgan fingerprint density at radius 1 is 0.903 bits per heavy atom. The molecule has 0 aromatic heterocycles. The quantitative estimate of drug-likeness (QED) is 0.432. The van der Waals surface area contributed by atoms with Gasteiger partial charge in [-0.1, -0.05) is 51.7 Å². The van der Waals surface area contributed by atoms with E-state index in [1.165, 1.54) is 12.1 Å². The molecular weight excluding hydrogens is 393 g/mol. The third-order valence-corrected chi connectivity index (χ3v) is 6.04. The topological polar surface area (TPSA) is 43.9 Å². The number of piperazine rings is 1.